The second-order valence-electron chi connectivity index (χ2n) is 11.7. The van der Waals surface area contributed by atoms with Crippen LogP contribution in [0, 0.1) is 5.82 Å². The summed E-state index contributed by atoms with van der Waals surface area (Å²) in [7, 11) is -1.24. The number of ketones is 1. The van der Waals surface area contributed by atoms with Crippen molar-refractivity contribution in [2.45, 2.75) is 30.6 Å². The quantitative estimate of drug-likeness (QED) is 0.240. The molecule has 0 spiro atoms. The van der Waals surface area contributed by atoms with Crippen molar-refractivity contribution in [1.29, 1.82) is 0 Å². The molecule has 1 atom stereocenters. The van der Waals surface area contributed by atoms with Gasteiger partial charge in [0.1, 0.15) is 23.1 Å². The molecule has 14 heteroatoms. The van der Waals surface area contributed by atoms with Gasteiger partial charge in [-0.3, -0.25) is 4.79 Å². The minimum atomic E-state index is -3.36. The first kappa shape index (κ1) is 28.6. The van der Waals surface area contributed by atoms with E-state index in [1.54, 1.807) is 6.20 Å². The van der Waals surface area contributed by atoms with Crippen molar-refractivity contribution in [3.8, 4) is 0 Å². The van der Waals surface area contributed by atoms with Crippen LogP contribution in [0.5, 0.6) is 0 Å². The number of carbonyl (C=O) groups is 1. The summed E-state index contributed by atoms with van der Waals surface area (Å²) in [5.41, 5.74) is 2.18. The molecule has 3 fully saturated rings. The minimum absolute atomic E-state index is 0.277. The number of piperazine rings is 1. The van der Waals surface area contributed by atoms with E-state index >= 15 is 0 Å². The van der Waals surface area contributed by atoms with Gasteiger partial charge in [-0.2, -0.15) is 9.97 Å². The normalized spacial score (nSPS) is 19.5. The van der Waals surface area contributed by atoms with Crippen LogP contribution in [0.3, 0.4) is 0 Å². The maximum Gasteiger partial charge on any atom is 0.232 e. The largest absolute Gasteiger partial charge is 0.368 e. The average molecular weight is 620 g/mol. The molecule has 3 N–H and O–H groups in total. The van der Waals surface area contributed by atoms with Gasteiger partial charge in [0, 0.05) is 57.1 Å². The summed E-state index contributed by atoms with van der Waals surface area (Å²) < 4.78 is 41.7. The van der Waals surface area contributed by atoms with Crippen LogP contribution in [-0.4, -0.2) is 96.6 Å². The number of rotatable bonds is 9. The van der Waals surface area contributed by atoms with Crippen LogP contribution < -0.4 is 19.8 Å². The van der Waals surface area contributed by atoms with Crippen LogP contribution in [0.25, 0.3) is 11.0 Å². The summed E-state index contributed by atoms with van der Waals surface area (Å²) in [6.07, 6.45) is 5.40. The zero-order chi connectivity index (χ0) is 30.4. The third kappa shape index (κ3) is 5.84. The Kier molecular flexibility index (Phi) is 7.42. The number of anilines is 4. The number of fused-ring (bicyclic) bond motifs is 1. The highest BCUT2D eigenvalue weighted by molar-refractivity contribution is 7.90. The molecule has 1 aliphatic carbocycles. The first-order valence-electron chi connectivity index (χ1n) is 14.9. The Morgan fingerprint density at radius 2 is 1.75 bits per heavy atom. The van der Waals surface area contributed by atoms with Crippen LogP contribution in [0.1, 0.15) is 35.2 Å². The molecule has 5 heterocycles. The van der Waals surface area contributed by atoms with E-state index in [1.165, 1.54) is 24.3 Å². The van der Waals surface area contributed by atoms with Gasteiger partial charge < -0.3 is 25.0 Å². The number of hydrogen-bond donors (Lipinski definition) is 3. The van der Waals surface area contributed by atoms with Gasteiger partial charge in [-0.1, -0.05) is 0 Å². The van der Waals surface area contributed by atoms with Crippen molar-refractivity contribution in [2.24, 2.45) is 0 Å². The van der Waals surface area contributed by atoms with Crippen molar-refractivity contribution in [3.63, 3.8) is 0 Å². The van der Waals surface area contributed by atoms with Gasteiger partial charge >= 0.3 is 0 Å². The molecule has 12 nitrogen and oxygen atoms in total. The SMILES string of the molecule is CN1CCN(c2ccc(Nc3nc(N4CCC(NS(=O)(=O)C5CC5)C4)c4c(C(=O)c5ccc(F)cc5)c[nH]c4n3)nc2)CC1. The molecule has 3 aliphatic rings. The summed E-state index contributed by atoms with van der Waals surface area (Å²) in [6.45, 7) is 4.80. The first-order valence-corrected chi connectivity index (χ1v) is 16.4. The lowest BCUT2D eigenvalue weighted by atomic mass is 10.0. The Morgan fingerprint density at radius 1 is 0.977 bits per heavy atom. The molecule has 0 bridgehead atoms. The minimum Gasteiger partial charge on any atom is -0.368 e. The molecule has 0 radical (unpaired) electrons. The van der Waals surface area contributed by atoms with E-state index in [4.69, 9.17) is 4.98 Å². The van der Waals surface area contributed by atoms with E-state index in [-0.39, 0.29) is 23.0 Å². The lowest BCUT2D eigenvalue weighted by molar-refractivity contribution is 0.104. The van der Waals surface area contributed by atoms with Crippen molar-refractivity contribution in [3.05, 3.63) is 65.7 Å². The maximum absolute atomic E-state index is 13.6. The second kappa shape index (κ2) is 11.4. The van der Waals surface area contributed by atoms with E-state index in [9.17, 15) is 17.6 Å². The monoisotopic (exact) mass is 619 g/mol. The average Bonchev–Trinajstić information content (AvgIpc) is 3.66. The number of benzene rings is 1. The van der Waals surface area contributed by atoms with Crippen molar-refractivity contribution in [1.82, 2.24) is 29.6 Å². The highest BCUT2D eigenvalue weighted by Gasteiger charge is 2.39. The molecule has 230 valence electrons. The summed E-state index contributed by atoms with van der Waals surface area (Å²) >= 11 is 0. The molecular weight excluding hydrogens is 585 g/mol. The second-order valence-corrected chi connectivity index (χ2v) is 13.7. The zero-order valence-corrected chi connectivity index (χ0v) is 25.1. The fourth-order valence-corrected chi connectivity index (χ4v) is 7.42. The summed E-state index contributed by atoms with van der Waals surface area (Å²) in [5.74, 6) is 0.637. The number of aromatic nitrogens is 4. The van der Waals surface area contributed by atoms with E-state index in [1.807, 2.05) is 23.2 Å². The van der Waals surface area contributed by atoms with Crippen LogP contribution in [-0.2, 0) is 10.0 Å². The molecule has 3 aromatic heterocycles. The maximum atomic E-state index is 13.6. The highest BCUT2D eigenvalue weighted by Crippen LogP contribution is 2.34. The number of pyridine rings is 1. The topological polar surface area (TPSA) is 139 Å². The van der Waals surface area contributed by atoms with E-state index in [0.29, 0.717) is 66.1 Å². The zero-order valence-electron chi connectivity index (χ0n) is 24.3. The molecule has 0 amide bonds. The van der Waals surface area contributed by atoms with Gasteiger partial charge in [0.05, 0.1) is 28.1 Å². The van der Waals surface area contributed by atoms with Gasteiger partial charge in [-0.25, -0.2) is 22.5 Å². The molecule has 1 aromatic carbocycles. The number of carbonyl (C=O) groups excluding carboxylic acids is 1. The Bertz CT molecular complexity index is 1790. The van der Waals surface area contributed by atoms with E-state index < -0.39 is 15.8 Å². The van der Waals surface area contributed by atoms with Gasteiger partial charge in [0.2, 0.25) is 16.0 Å². The fourth-order valence-electron chi connectivity index (χ4n) is 5.82. The molecule has 4 aromatic rings. The molecule has 1 saturated carbocycles. The van der Waals surface area contributed by atoms with Gasteiger partial charge in [0.15, 0.2) is 5.78 Å². The molecule has 2 aliphatic heterocycles. The molecule has 2 saturated heterocycles. The van der Waals surface area contributed by atoms with Crippen molar-refractivity contribution < 1.29 is 17.6 Å². The number of aromatic amines is 1. The third-order valence-electron chi connectivity index (χ3n) is 8.50. The molecule has 44 heavy (non-hydrogen) atoms. The highest BCUT2D eigenvalue weighted by atomic mass is 32.2. The predicted molar refractivity (Wildman–Crippen MR) is 167 cm³/mol. The molecule has 7 rings (SSSR count). The van der Waals surface area contributed by atoms with Gasteiger partial charge in [-0.15, -0.1) is 0 Å². The van der Waals surface area contributed by atoms with Crippen LogP contribution >= 0.6 is 0 Å². The summed E-state index contributed by atoms with van der Waals surface area (Å²) in [5, 5.41) is 3.42. The number of H-pyrrole nitrogens is 1. The molecular formula is C30H34FN9O3S. The van der Waals surface area contributed by atoms with Gasteiger partial charge in [0.25, 0.3) is 0 Å². The van der Waals surface area contributed by atoms with E-state index in [0.717, 1.165) is 31.9 Å². The molecule has 1 unspecified atom stereocenters. The Hall–Kier alpha value is -4.14. The standard InChI is InChI=1S/C30H34FN9O3S/c1-38-12-14-39(15-13-38)22-6-9-25(32-16-22)34-30-35-28-26(24(17-33-28)27(41)19-2-4-20(31)5-3-19)29(36-30)40-11-10-21(18-40)37-44(42,43)23-7-8-23/h2-6,9,16-17,21,23,37H,7-8,10-15,18H2,1H3,(H2,32,33,34,35,36). The number of hydrogen-bond acceptors (Lipinski definition) is 10. The first-order chi connectivity index (χ1) is 21.2. The third-order valence-corrected chi connectivity index (χ3v) is 10.5. The number of likely N-dealkylation sites (N-methyl/N-ethyl adjacent to an activating group) is 1. The van der Waals surface area contributed by atoms with Crippen LogP contribution in [0.15, 0.2) is 48.8 Å². The Labute approximate surface area is 254 Å². The van der Waals surface area contributed by atoms with Crippen molar-refractivity contribution in [2.75, 3.05) is 61.4 Å². The summed E-state index contributed by atoms with van der Waals surface area (Å²) in [4.78, 5) is 37.3. The lowest BCUT2D eigenvalue weighted by Crippen LogP contribution is -2.44. The fraction of sp³-hybridized carbons (Fsp3) is 0.400. The van der Waals surface area contributed by atoms with E-state index in [2.05, 4.69) is 41.8 Å². The predicted octanol–water partition coefficient (Wildman–Crippen LogP) is 2.88. The Morgan fingerprint density at radius 3 is 2.45 bits per heavy atom. The van der Waals surface area contributed by atoms with Crippen molar-refractivity contribution >= 4 is 50.1 Å². The van der Waals surface area contributed by atoms with Gasteiger partial charge in [-0.05, 0) is 62.7 Å². The number of nitrogens with zero attached hydrogens (tertiary/aromatic N) is 6. The smallest absolute Gasteiger partial charge is 0.232 e. The Balaban J connectivity index is 1.19. The van der Waals surface area contributed by atoms with Crippen LogP contribution in [0.4, 0.5) is 27.7 Å². The number of sulfonamides is 1. The lowest BCUT2D eigenvalue weighted by Gasteiger charge is -2.33. The van der Waals surface area contributed by atoms with Crippen LogP contribution in [0.2, 0.25) is 0 Å². The summed E-state index contributed by atoms with van der Waals surface area (Å²) in [6, 6.07) is 9.02. The number of halogens is 1. The number of nitrogens with one attached hydrogen (secondary N) is 3.